The minimum Gasteiger partial charge on any atom is -0.496 e. The van der Waals surface area contributed by atoms with Crippen molar-refractivity contribution in [3.05, 3.63) is 47.7 Å². The van der Waals surface area contributed by atoms with Crippen molar-refractivity contribution in [2.75, 3.05) is 26.8 Å². The summed E-state index contributed by atoms with van der Waals surface area (Å²) >= 11 is 0. The molecule has 0 aliphatic carbocycles. The first-order valence-electron chi connectivity index (χ1n) is 11.2. The van der Waals surface area contributed by atoms with Crippen molar-refractivity contribution in [1.29, 1.82) is 0 Å². The highest BCUT2D eigenvalue weighted by Gasteiger charge is 2.30. The van der Waals surface area contributed by atoms with Crippen molar-refractivity contribution < 1.29 is 23.5 Å². The van der Waals surface area contributed by atoms with Crippen molar-refractivity contribution in [2.24, 2.45) is 5.92 Å². The fraction of sp³-hybridized carbons (Fsp3) is 0.542. The van der Waals surface area contributed by atoms with Crippen LogP contribution in [-0.4, -0.2) is 59.5 Å². The number of ether oxygens (including phenoxy) is 2. The molecule has 1 aliphatic heterocycles. The smallest absolute Gasteiger partial charge is 0.309 e. The maximum Gasteiger partial charge on any atom is 0.309 e. The lowest BCUT2D eigenvalue weighted by molar-refractivity contribution is -0.149. The van der Waals surface area contributed by atoms with Crippen molar-refractivity contribution in [1.82, 2.24) is 14.8 Å². The van der Waals surface area contributed by atoms with Crippen LogP contribution in [0, 0.1) is 5.92 Å². The summed E-state index contributed by atoms with van der Waals surface area (Å²) < 4.78 is 16.2. The third-order valence-corrected chi connectivity index (χ3v) is 5.81. The number of hydrogen-bond acceptors (Lipinski definition) is 7. The predicted octanol–water partition coefficient (Wildman–Crippen LogP) is 3.51. The molecule has 1 fully saturated rings. The molecule has 174 valence electrons. The molecule has 32 heavy (non-hydrogen) atoms. The van der Waals surface area contributed by atoms with Crippen LogP contribution in [0.4, 0.5) is 0 Å². The summed E-state index contributed by atoms with van der Waals surface area (Å²) in [6.45, 7) is 8.57. The monoisotopic (exact) mass is 443 g/mol. The van der Waals surface area contributed by atoms with Gasteiger partial charge in [0.15, 0.2) is 5.69 Å². The van der Waals surface area contributed by atoms with Crippen LogP contribution in [0.25, 0.3) is 0 Å². The quantitative estimate of drug-likeness (QED) is 0.548. The highest BCUT2D eigenvalue weighted by atomic mass is 16.5. The first-order chi connectivity index (χ1) is 15.4. The van der Waals surface area contributed by atoms with E-state index in [-0.39, 0.29) is 23.8 Å². The van der Waals surface area contributed by atoms with Gasteiger partial charge < -0.3 is 18.8 Å². The van der Waals surface area contributed by atoms with E-state index >= 15 is 0 Å². The van der Waals surface area contributed by atoms with Gasteiger partial charge in [-0.2, -0.15) is 0 Å². The van der Waals surface area contributed by atoms with E-state index in [0.29, 0.717) is 57.2 Å². The van der Waals surface area contributed by atoms with E-state index in [1.54, 1.807) is 18.9 Å². The number of hydrogen-bond donors (Lipinski definition) is 0. The van der Waals surface area contributed by atoms with Crippen molar-refractivity contribution in [3.63, 3.8) is 0 Å². The third kappa shape index (κ3) is 5.88. The zero-order chi connectivity index (χ0) is 23.1. The zero-order valence-electron chi connectivity index (χ0n) is 19.4. The second-order valence-corrected chi connectivity index (χ2v) is 8.26. The summed E-state index contributed by atoms with van der Waals surface area (Å²) in [6.07, 6.45) is 2.64. The van der Waals surface area contributed by atoms with Crippen LogP contribution in [0.5, 0.6) is 5.75 Å². The van der Waals surface area contributed by atoms with Crippen molar-refractivity contribution in [2.45, 2.75) is 52.7 Å². The van der Waals surface area contributed by atoms with E-state index in [0.717, 1.165) is 11.3 Å². The Balaban J connectivity index is 1.60. The Kier molecular flexibility index (Phi) is 8.27. The first-order valence-corrected chi connectivity index (χ1v) is 11.2. The van der Waals surface area contributed by atoms with Gasteiger partial charge in [0.2, 0.25) is 5.89 Å². The lowest BCUT2D eigenvalue weighted by atomic mass is 9.97. The molecule has 1 aliphatic rings. The lowest BCUT2D eigenvalue weighted by Gasteiger charge is -2.30. The number of amides is 1. The van der Waals surface area contributed by atoms with Crippen molar-refractivity contribution >= 4 is 11.9 Å². The van der Waals surface area contributed by atoms with E-state index < -0.39 is 0 Å². The van der Waals surface area contributed by atoms with E-state index in [1.165, 1.54) is 6.26 Å². The number of rotatable bonds is 9. The van der Waals surface area contributed by atoms with Gasteiger partial charge in [-0.05, 0) is 39.7 Å². The average Bonchev–Trinajstić information content (AvgIpc) is 3.27. The molecule has 0 bridgehead atoms. The highest BCUT2D eigenvalue weighted by molar-refractivity contribution is 5.92. The molecule has 0 spiro atoms. The second-order valence-electron chi connectivity index (χ2n) is 8.26. The van der Waals surface area contributed by atoms with Gasteiger partial charge in [0, 0.05) is 31.2 Å². The Labute approximate surface area is 189 Å². The van der Waals surface area contributed by atoms with E-state index in [2.05, 4.69) is 23.7 Å². The molecule has 0 N–H and O–H groups in total. The summed E-state index contributed by atoms with van der Waals surface area (Å²) in [5, 5.41) is 0. The number of aromatic nitrogens is 1. The molecular formula is C24H33N3O5. The first kappa shape index (κ1) is 23.8. The Morgan fingerprint density at radius 3 is 2.59 bits per heavy atom. The predicted molar refractivity (Wildman–Crippen MR) is 119 cm³/mol. The summed E-state index contributed by atoms with van der Waals surface area (Å²) in [6, 6.07) is 8.17. The van der Waals surface area contributed by atoms with Gasteiger partial charge in [0.1, 0.15) is 12.0 Å². The van der Waals surface area contributed by atoms with Gasteiger partial charge in [-0.1, -0.05) is 18.2 Å². The van der Waals surface area contributed by atoms with Crippen LogP contribution in [0.15, 0.2) is 34.9 Å². The molecule has 0 unspecified atom stereocenters. The number of nitrogens with zero attached hydrogens (tertiary/aromatic N) is 3. The molecule has 1 aromatic carbocycles. The number of oxazole rings is 1. The summed E-state index contributed by atoms with van der Waals surface area (Å²) in [7, 11) is 1.67. The highest BCUT2D eigenvalue weighted by Crippen LogP contribution is 2.23. The standard InChI is InChI=1S/C24H33N3O5/c1-5-31-24(29)18-10-12-26(13-11-18)23(28)20-16-32-22(25-20)15-27(17(2)3)14-19-8-6-7-9-21(19)30-4/h6-9,16-18H,5,10-15H2,1-4H3. The molecule has 2 aromatic rings. The van der Waals surface area contributed by atoms with Crippen LogP contribution in [0.3, 0.4) is 0 Å². The normalized spacial score (nSPS) is 14.8. The molecule has 8 nitrogen and oxygen atoms in total. The van der Waals surface area contributed by atoms with Gasteiger partial charge in [-0.3, -0.25) is 14.5 Å². The minimum atomic E-state index is -0.174. The second kappa shape index (κ2) is 11.1. The lowest BCUT2D eigenvalue weighted by Crippen LogP contribution is -2.40. The number of benzene rings is 1. The molecule has 0 atom stereocenters. The van der Waals surface area contributed by atoms with Gasteiger partial charge in [-0.25, -0.2) is 4.98 Å². The molecule has 3 rings (SSSR count). The fourth-order valence-corrected chi connectivity index (χ4v) is 3.87. The average molecular weight is 444 g/mol. The van der Waals surface area contributed by atoms with E-state index in [1.807, 2.05) is 24.3 Å². The van der Waals surface area contributed by atoms with Crippen LogP contribution < -0.4 is 4.74 Å². The number of carbonyl (C=O) groups is 2. The SMILES string of the molecule is CCOC(=O)C1CCN(C(=O)c2coc(CN(Cc3ccccc3OC)C(C)C)n2)CC1. The Morgan fingerprint density at radius 1 is 1.22 bits per heavy atom. The molecule has 8 heteroatoms. The molecule has 0 radical (unpaired) electrons. The molecule has 1 saturated heterocycles. The fourth-order valence-electron chi connectivity index (χ4n) is 3.87. The number of piperidine rings is 1. The third-order valence-electron chi connectivity index (χ3n) is 5.81. The van der Waals surface area contributed by atoms with Crippen LogP contribution >= 0.6 is 0 Å². The van der Waals surface area contributed by atoms with Gasteiger partial charge in [-0.15, -0.1) is 0 Å². The summed E-state index contributed by atoms with van der Waals surface area (Å²) in [5.74, 6) is 0.864. The number of carbonyl (C=O) groups excluding carboxylic acids is 2. The largest absolute Gasteiger partial charge is 0.496 e. The number of methoxy groups -OCH3 is 1. The Bertz CT molecular complexity index is 903. The minimum absolute atomic E-state index is 0.138. The van der Waals surface area contributed by atoms with Crippen LogP contribution in [-0.2, 0) is 22.6 Å². The zero-order valence-corrected chi connectivity index (χ0v) is 19.4. The maximum atomic E-state index is 12.9. The van der Waals surface area contributed by atoms with E-state index in [9.17, 15) is 9.59 Å². The summed E-state index contributed by atoms with van der Waals surface area (Å²) in [5.41, 5.74) is 1.38. The molecular weight excluding hydrogens is 410 g/mol. The number of para-hydroxylation sites is 1. The van der Waals surface area contributed by atoms with E-state index in [4.69, 9.17) is 13.9 Å². The number of likely N-dealkylation sites (tertiary alicyclic amines) is 1. The van der Waals surface area contributed by atoms with Gasteiger partial charge in [0.25, 0.3) is 5.91 Å². The van der Waals surface area contributed by atoms with Gasteiger partial charge >= 0.3 is 5.97 Å². The number of esters is 1. The Hall–Kier alpha value is -2.87. The molecule has 1 amide bonds. The maximum absolute atomic E-state index is 12.9. The van der Waals surface area contributed by atoms with Gasteiger partial charge in [0.05, 0.1) is 26.2 Å². The van der Waals surface area contributed by atoms with Crippen LogP contribution in [0.2, 0.25) is 0 Å². The molecule has 0 saturated carbocycles. The van der Waals surface area contributed by atoms with Crippen molar-refractivity contribution in [3.8, 4) is 5.75 Å². The molecule has 1 aromatic heterocycles. The topological polar surface area (TPSA) is 85.1 Å². The summed E-state index contributed by atoms with van der Waals surface area (Å²) in [4.78, 5) is 33.2. The molecule has 2 heterocycles. The van der Waals surface area contributed by atoms with Crippen LogP contribution in [0.1, 0.15) is 55.6 Å². The Morgan fingerprint density at radius 2 is 1.94 bits per heavy atom.